The number of carboxylic acids is 1. The van der Waals surface area contributed by atoms with Gasteiger partial charge >= 0.3 is 27.3 Å². The second kappa shape index (κ2) is 18.7. The molecule has 24 heteroatoms. The molecule has 2 aromatic carbocycles. The monoisotopic (exact) mass is 892 g/mol. The summed E-state index contributed by atoms with van der Waals surface area (Å²) in [4.78, 5) is 69.8. The first-order chi connectivity index (χ1) is 28.4. The molecule has 1 aliphatic carbocycles. The molecule has 0 radical (unpaired) electrons. The molecule has 1 fully saturated rings. The Balaban J connectivity index is 0.927. The highest BCUT2D eigenvalue weighted by Gasteiger charge is 2.46. The minimum absolute atomic E-state index is 0.0669. The van der Waals surface area contributed by atoms with Gasteiger partial charge in [0.15, 0.2) is 16.8 Å². The Bertz CT molecular complexity index is 2650. The van der Waals surface area contributed by atoms with Crippen molar-refractivity contribution in [2.24, 2.45) is 0 Å². The molecule has 0 bridgehead atoms. The van der Waals surface area contributed by atoms with Crippen LogP contribution in [0, 0.1) is 0 Å². The average molecular weight is 893 g/mol. The Hall–Kier alpha value is -5.09. The van der Waals surface area contributed by atoms with Gasteiger partial charge in [0.05, 0.1) is 18.8 Å². The maximum atomic E-state index is 12.5. The number of fused-ring (bicyclic) bond motifs is 2. The van der Waals surface area contributed by atoms with E-state index < -0.39 is 64.0 Å². The number of benzene rings is 3. The molecule has 0 saturated carbocycles. The molecule has 320 valence electrons. The smallest absolute Gasteiger partial charge is 0.481 e. The van der Waals surface area contributed by atoms with Gasteiger partial charge in [0.2, 0.25) is 0 Å². The van der Waals surface area contributed by atoms with Crippen LogP contribution < -0.4 is 27.3 Å². The highest BCUT2D eigenvalue weighted by atomic mass is 32.1. The van der Waals surface area contributed by atoms with Crippen molar-refractivity contribution in [3.8, 4) is 28.2 Å². The van der Waals surface area contributed by atoms with Crippen LogP contribution in [-0.2, 0) is 27.2 Å². The number of unbranched alkanes of at least 4 members (excludes halogenated alkanes) is 3. The van der Waals surface area contributed by atoms with Gasteiger partial charge in [-0.2, -0.15) is 4.31 Å². The molecular formula is C36H38N4O17P2S. The molecule has 2 aliphatic heterocycles. The second-order valence-electron chi connectivity index (χ2n) is 13.4. The van der Waals surface area contributed by atoms with Gasteiger partial charge in [0, 0.05) is 53.1 Å². The number of carbonyl (C=O) groups is 1. The van der Waals surface area contributed by atoms with Crippen LogP contribution in [0.25, 0.3) is 33.4 Å². The number of aromatic carboxylic acids is 1. The molecule has 3 heterocycles. The SMILES string of the molecule is O=C(O)c1cc(NC(=S)NCCCCCCOP(=O)(O)OP(=O)(O)OC[C@H]2O[C@@H](n3ccc(=O)[nH]c3=O)[C@H](O)[C@@H]2O)ccc1-c1c2ccc(=O)cc-2oc2cc(O)ccc12. The zero-order valence-corrected chi connectivity index (χ0v) is 33.6. The zero-order valence-electron chi connectivity index (χ0n) is 31.0. The number of carboxylic acid groups (broad SMARTS) is 1. The number of ether oxygens (including phenoxy) is 1. The second-order valence-corrected chi connectivity index (χ2v) is 16.8. The van der Waals surface area contributed by atoms with E-state index in [1.807, 2.05) is 4.98 Å². The number of anilines is 1. The molecular weight excluding hydrogens is 854 g/mol. The van der Waals surface area contributed by atoms with Gasteiger partial charge in [-0.1, -0.05) is 18.9 Å². The normalized spacial score (nSPS) is 19.8. The number of nitrogens with zero attached hydrogens (tertiary/aromatic N) is 1. The molecule has 21 nitrogen and oxygen atoms in total. The molecule has 6 rings (SSSR count). The summed E-state index contributed by atoms with van der Waals surface area (Å²) >= 11 is 5.39. The fraction of sp³-hybridized carbons (Fsp3) is 0.306. The number of aliphatic hydroxyl groups excluding tert-OH is 2. The van der Waals surface area contributed by atoms with Crippen LogP contribution in [0.3, 0.4) is 0 Å². The largest absolute Gasteiger partial charge is 0.508 e. The third-order valence-electron chi connectivity index (χ3n) is 9.14. The van der Waals surface area contributed by atoms with Crippen molar-refractivity contribution >= 4 is 55.6 Å². The predicted octanol–water partition coefficient (Wildman–Crippen LogP) is 3.24. The number of phenols is 1. The Morgan fingerprint density at radius 3 is 2.38 bits per heavy atom. The lowest BCUT2D eigenvalue weighted by Gasteiger charge is -2.19. The summed E-state index contributed by atoms with van der Waals surface area (Å²) in [5.74, 6) is -1.08. The summed E-state index contributed by atoms with van der Waals surface area (Å²) in [5.41, 5.74) is -0.0944. The number of nitrogens with one attached hydrogen (secondary N) is 3. The van der Waals surface area contributed by atoms with Crippen LogP contribution >= 0.6 is 27.9 Å². The number of H-pyrrole nitrogens is 1. The van der Waals surface area contributed by atoms with Crippen molar-refractivity contribution in [3.05, 3.63) is 103 Å². The first-order valence-corrected chi connectivity index (χ1v) is 21.4. The summed E-state index contributed by atoms with van der Waals surface area (Å²) in [6.45, 7) is -0.841. The Kier molecular flexibility index (Phi) is 13.8. The fourth-order valence-corrected chi connectivity index (χ4v) is 8.71. The minimum Gasteiger partial charge on any atom is -0.508 e. The van der Waals surface area contributed by atoms with Crippen LogP contribution in [-0.4, -0.2) is 88.9 Å². The number of aromatic amines is 1. The minimum atomic E-state index is -5.27. The fourth-order valence-electron chi connectivity index (χ4n) is 6.37. The van der Waals surface area contributed by atoms with Crippen LogP contribution in [0.1, 0.15) is 42.3 Å². The van der Waals surface area contributed by atoms with E-state index in [9.17, 15) is 58.5 Å². The quantitative estimate of drug-likeness (QED) is 0.0280. The number of thiocarbonyl (C=S) groups is 1. The van der Waals surface area contributed by atoms with Gasteiger partial charge in [-0.15, -0.1) is 0 Å². The summed E-state index contributed by atoms with van der Waals surface area (Å²) in [5, 5.41) is 47.5. The standard InChI is InChI=1S/C36H38N4O17P2S/c41-20-6-9-23-26(16-20)55-27-17-21(42)7-10-24(27)30(23)22-8-5-19(15-25(22)34(46)47)38-35(60)37-12-3-1-2-4-14-53-58(49,50)57-59(51,52)54-18-28-31(44)32(45)33(56-28)40-13-11-29(43)39-36(40)48/h5-11,13,15-17,28,31-33,41,44-45H,1-4,12,14,18H2,(H,46,47)(H,49,50)(H,51,52)(H2,37,38,60)(H,39,43,48)/t28-,31-,32-,33-/m1/s1. The summed E-state index contributed by atoms with van der Waals surface area (Å²) in [7, 11) is -10.4. The molecule has 1 saturated heterocycles. The summed E-state index contributed by atoms with van der Waals surface area (Å²) in [6.07, 6.45) is -3.47. The number of rotatable bonds is 17. The number of aromatic nitrogens is 2. The summed E-state index contributed by atoms with van der Waals surface area (Å²) in [6, 6.07) is 14.2. The molecule has 2 unspecified atom stereocenters. The van der Waals surface area contributed by atoms with Crippen molar-refractivity contribution < 1.29 is 66.6 Å². The van der Waals surface area contributed by atoms with Gasteiger partial charge in [-0.25, -0.2) is 18.7 Å². The zero-order chi connectivity index (χ0) is 43.4. The Labute approximate surface area is 343 Å². The lowest BCUT2D eigenvalue weighted by atomic mass is 9.90. The van der Waals surface area contributed by atoms with E-state index in [2.05, 4.69) is 19.5 Å². The number of phosphoric acid groups is 2. The molecule has 60 heavy (non-hydrogen) atoms. The van der Waals surface area contributed by atoms with Crippen LogP contribution in [0.2, 0.25) is 0 Å². The first kappa shape index (κ1) is 44.5. The molecule has 0 spiro atoms. The van der Waals surface area contributed by atoms with Gasteiger partial charge in [-0.3, -0.25) is 28.2 Å². The highest BCUT2D eigenvalue weighted by Crippen LogP contribution is 2.60. The van der Waals surface area contributed by atoms with E-state index in [1.165, 1.54) is 30.3 Å². The lowest BCUT2D eigenvalue weighted by Crippen LogP contribution is -2.37. The lowest BCUT2D eigenvalue weighted by molar-refractivity contribution is -0.0543. The maximum absolute atomic E-state index is 12.5. The number of aliphatic hydroxyl groups is 2. The molecule has 1 aromatic heterocycles. The van der Waals surface area contributed by atoms with Crippen molar-refractivity contribution in [2.75, 3.05) is 25.1 Å². The van der Waals surface area contributed by atoms with Gasteiger partial charge in [0.1, 0.15) is 35.4 Å². The van der Waals surface area contributed by atoms with Gasteiger partial charge in [-0.05, 0) is 67.0 Å². The third kappa shape index (κ3) is 10.8. The van der Waals surface area contributed by atoms with Gasteiger partial charge < -0.3 is 50.0 Å². The highest BCUT2D eigenvalue weighted by molar-refractivity contribution is 7.80. The Morgan fingerprint density at radius 1 is 0.900 bits per heavy atom. The van der Waals surface area contributed by atoms with E-state index in [4.69, 9.17) is 25.9 Å². The van der Waals surface area contributed by atoms with E-state index in [1.54, 1.807) is 24.3 Å². The van der Waals surface area contributed by atoms with Crippen LogP contribution in [0.4, 0.5) is 5.69 Å². The molecule has 3 aromatic rings. The molecule has 3 aliphatic rings. The van der Waals surface area contributed by atoms with Gasteiger partial charge in [0.25, 0.3) is 5.56 Å². The van der Waals surface area contributed by atoms with Crippen LogP contribution in [0.5, 0.6) is 5.75 Å². The average Bonchev–Trinajstić information content (AvgIpc) is 3.45. The number of hydrogen-bond acceptors (Lipinski definition) is 15. The maximum Gasteiger partial charge on any atom is 0.481 e. The van der Waals surface area contributed by atoms with Crippen molar-refractivity contribution in [3.63, 3.8) is 0 Å². The van der Waals surface area contributed by atoms with E-state index in [-0.39, 0.29) is 46.2 Å². The number of aromatic hydroxyl groups is 1. The van der Waals surface area contributed by atoms with E-state index in [0.717, 1.165) is 16.8 Å². The van der Waals surface area contributed by atoms with Crippen LogP contribution in [0.15, 0.2) is 85.7 Å². The van der Waals surface area contributed by atoms with Crippen molar-refractivity contribution in [2.45, 2.75) is 50.2 Å². The third-order valence-corrected chi connectivity index (χ3v) is 12.0. The predicted molar refractivity (Wildman–Crippen MR) is 216 cm³/mol. The topological polar surface area (TPSA) is 319 Å². The van der Waals surface area contributed by atoms with E-state index in [0.29, 0.717) is 53.6 Å². The number of phosphoric ester groups is 2. The summed E-state index contributed by atoms with van der Waals surface area (Å²) < 4.78 is 50.4. The molecule has 6 atom stereocenters. The van der Waals surface area contributed by atoms with E-state index >= 15 is 0 Å². The first-order valence-electron chi connectivity index (χ1n) is 18.0. The number of hydrogen-bond donors (Lipinski definition) is 9. The van der Waals surface area contributed by atoms with Crippen molar-refractivity contribution in [1.82, 2.24) is 14.9 Å². The molecule has 0 amide bonds. The Morgan fingerprint density at radius 2 is 1.63 bits per heavy atom. The van der Waals surface area contributed by atoms with Crippen molar-refractivity contribution in [1.29, 1.82) is 0 Å². The molecule has 9 N–H and O–H groups in total. The number of phenolic OH excluding ortho intramolecular Hbond substituents is 1.